The number of nitrogens with two attached hydrogens (primary N) is 1. The Hall–Kier alpha value is -0.0800. The zero-order valence-electron chi connectivity index (χ0n) is 7.13. The lowest BCUT2D eigenvalue weighted by atomic mass is 9.75. The van der Waals surface area contributed by atoms with Crippen LogP contribution in [0.5, 0.6) is 0 Å². The van der Waals surface area contributed by atoms with Gasteiger partial charge in [-0.15, -0.1) is 0 Å². The molecule has 1 saturated carbocycles. The van der Waals surface area contributed by atoms with E-state index in [1.165, 1.54) is 32.1 Å². The number of hydrazine groups is 1. The molecule has 11 heavy (non-hydrogen) atoms. The summed E-state index contributed by atoms with van der Waals surface area (Å²) in [6.45, 7) is 2.28. The first-order chi connectivity index (χ1) is 5.36. The van der Waals surface area contributed by atoms with Gasteiger partial charge in [0.15, 0.2) is 0 Å². The minimum Gasteiger partial charge on any atom is -0.269 e. The van der Waals surface area contributed by atoms with E-state index in [0.29, 0.717) is 0 Å². The maximum Gasteiger partial charge on any atom is 0.0159 e. The van der Waals surface area contributed by atoms with Crippen molar-refractivity contribution in [2.24, 2.45) is 17.7 Å². The molecular weight excluding hydrogens is 136 g/mol. The zero-order valence-corrected chi connectivity index (χ0v) is 7.13. The number of nitrogens with zero attached hydrogens (tertiary/aromatic N) is 1. The summed E-state index contributed by atoms with van der Waals surface area (Å²) < 4.78 is 0. The van der Waals surface area contributed by atoms with Crippen molar-refractivity contribution in [3.05, 3.63) is 0 Å². The normalized spacial score (nSPS) is 40.1. The lowest BCUT2D eigenvalue weighted by Crippen LogP contribution is -2.45. The van der Waals surface area contributed by atoms with Crippen molar-refractivity contribution in [2.45, 2.75) is 32.1 Å². The van der Waals surface area contributed by atoms with E-state index in [0.717, 1.165) is 24.9 Å². The van der Waals surface area contributed by atoms with Gasteiger partial charge in [0.2, 0.25) is 0 Å². The van der Waals surface area contributed by atoms with Crippen molar-refractivity contribution in [1.29, 1.82) is 0 Å². The highest BCUT2D eigenvalue weighted by molar-refractivity contribution is 4.81. The molecular formula is C9H18N2. The first-order valence-electron chi connectivity index (χ1n) is 4.86. The van der Waals surface area contributed by atoms with Gasteiger partial charge in [-0.25, -0.2) is 5.01 Å². The van der Waals surface area contributed by atoms with Gasteiger partial charge in [0.25, 0.3) is 0 Å². The van der Waals surface area contributed by atoms with Gasteiger partial charge < -0.3 is 0 Å². The van der Waals surface area contributed by atoms with Gasteiger partial charge >= 0.3 is 0 Å². The molecule has 0 spiro atoms. The summed E-state index contributed by atoms with van der Waals surface area (Å²) in [6, 6.07) is 0. The molecule has 2 rings (SSSR count). The van der Waals surface area contributed by atoms with Gasteiger partial charge in [0.1, 0.15) is 0 Å². The maximum atomic E-state index is 5.78. The highest BCUT2D eigenvalue weighted by Gasteiger charge is 2.29. The van der Waals surface area contributed by atoms with Gasteiger partial charge in [0, 0.05) is 13.1 Å². The third-order valence-corrected chi connectivity index (χ3v) is 3.32. The molecule has 0 radical (unpaired) electrons. The molecule has 0 aromatic heterocycles. The van der Waals surface area contributed by atoms with Crippen molar-refractivity contribution < 1.29 is 0 Å². The van der Waals surface area contributed by atoms with E-state index < -0.39 is 0 Å². The topological polar surface area (TPSA) is 29.3 Å². The summed E-state index contributed by atoms with van der Waals surface area (Å²) in [5.41, 5.74) is 0. The molecule has 1 aliphatic heterocycles. The summed E-state index contributed by atoms with van der Waals surface area (Å²) in [5.74, 6) is 7.73. The van der Waals surface area contributed by atoms with Crippen molar-refractivity contribution in [3.8, 4) is 0 Å². The van der Waals surface area contributed by atoms with Gasteiger partial charge in [-0.3, -0.25) is 5.84 Å². The maximum absolute atomic E-state index is 5.78. The number of hydrogen-bond acceptors (Lipinski definition) is 2. The molecule has 1 saturated heterocycles. The van der Waals surface area contributed by atoms with E-state index in [9.17, 15) is 0 Å². The predicted molar refractivity (Wildman–Crippen MR) is 45.8 cm³/mol. The van der Waals surface area contributed by atoms with Crippen LogP contribution in [-0.4, -0.2) is 18.1 Å². The minimum atomic E-state index is 0.933. The van der Waals surface area contributed by atoms with Gasteiger partial charge in [0.05, 0.1) is 0 Å². The Labute approximate surface area is 68.7 Å². The van der Waals surface area contributed by atoms with Crippen molar-refractivity contribution in [1.82, 2.24) is 5.01 Å². The van der Waals surface area contributed by atoms with E-state index in [2.05, 4.69) is 0 Å². The molecule has 0 amide bonds. The van der Waals surface area contributed by atoms with Crippen LogP contribution in [-0.2, 0) is 0 Å². The molecule has 0 bridgehead atoms. The number of piperidine rings is 1. The molecule has 64 valence electrons. The third kappa shape index (κ3) is 1.57. The second kappa shape index (κ2) is 3.11. The van der Waals surface area contributed by atoms with Crippen LogP contribution in [0.2, 0.25) is 0 Å². The number of rotatable bonds is 0. The molecule has 2 atom stereocenters. The van der Waals surface area contributed by atoms with E-state index in [1.54, 1.807) is 0 Å². The van der Waals surface area contributed by atoms with Gasteiger partial charge in [-0.1, -0.05) is 19.3 Å². The van der Waals surface area contributed by atoms with Crippen LogP contribution < -0.4 is 5.84 Å². The van der Waals surface area contributed by atoms with Gasteiger partial charge in [-0.05, 0) is 24.7 Å². The fourth-order valence-corrected chi connectivity index (χ4v) is 2.63. The summed E-state index contributed by atoms with van der Waals surface area (Å²) in [5, 5.41) is 2.01. The molecule has 0 aromatic rings. The fraction of sp³-hybridized carbons (Fsp3) is 1.00. The highest BCUT2D eigenvalue weighted by atomic mass is 15.4. The molecule has 1 heterocycles. The van der Waals surface area contributed by atoms with Crippen LogP contribution >= 0.6 is 0 Å². The Kier molecular flexibility index (Phi) is 2.14. The van der Waals surface area contributed by atoms with Crippen LogP contribution in [0, 0.1) is 11.8 Å². The van der Waals surface area contributed by atoms with Gasteiger partial charge in [-0.2, -0.15) is 0 Å². The van der Waals surface area contributed by atoms with Crippen LogP contribution in [0.15, 0.2) is 0 Å². The summed E-state index contributed by atoms with van der Waals surface area (Å²) in [7, 11) is 0. The zero-order chi connectivity index (χ0) is 7.68. The summed E-state index contributed by atoms with van der Waals surface area (Å²) in [6.07, 6.45) is 7.15. The van der Waals surface area contributed by atoms with E-state index in [1.807, 2.05) is 5.01 Å². The largest absolute Gasteiger partial charge is 0.269 e. The highest BCUT2D eigenvalue weighted by Crippen LogP contribution is 2.34. The smallest absolute Gasteiger partial charge is 0.0159 e. The standard InChI is InChI=1S/C9H18N2/c10-11-6-5-8-3-1-2-4-9(8)7-11/h8-9H,1-7,10H2. The Morgan fingerprint density at radius 1 is 1.00 bits per heavy atom. The first-order valence-corrected chi connectivity index (χ1v) is 4.86. The molecule has 2 unspecified atom stereocenters. The Bertz CT molecular complexity index is 136. The predicted octanol–water partition coefficient (Wildman–Crippen LogP) is 1.37. The third-order valence-electron chi connectivity index (χ3n) is 3.32. The SMILES string of the molecule is NN1CCC2CCCCC2C1. The first kappa shape index (κ1) is 7.56. The minimum absolute atomic E-state index is 0.933. The monoisotopic (exact) mass is 154 g/mol. The fourth-order valence-electron chi connectivity index (χ4n) is 2.63. The Balaban J connectivity index is 1.93. The van der Waals surface area contributed by atoms with E-state index in [4.69, 9.17) is 5.84 Å². The Morgan fingerprint density at radius 3 is 2.55 bits per heavy atom. The van der Waals surface area contributed by atoms with Crippen molar-refractivity contribution in [3.63, 3.8) is 0 Å². The van der Waals surface area contributed by atoms with Crippen LogP contribution in [0.25, 0.3) is 0 Å². The second-order valence-corrected chi connectivity index (χ2v) is 4.09. The van der Waals surface area contributed by atoms with Crippen molar-refractivity contribution in [2.75, 3.05) is 13.1 Å². The number of hydrogen-bond donors (Lipinski definition) is 1. The van der Waals surface area contributed by atoms with Crippen molar-refractivity contribution >= 4 is 0 Å². The second-order valence-electron chi connectivity index (χ2n) is 4.09. The summed E-state index contributed by atoms with van der Waals surface area (Å²) >= 11 is 0. The van der Waals surface area contributed by atoms with Crippen LogP contribution in [0.3, 0.4) is 0 Å². The number of fused-ring (bicyclic) bond motifs is 1. The molecule has 2 heteroatoms. The molecule has 2 N–H and O–H groups in total. The molecule has 0 aromatic carbocycles. The molecule has 2 nitrogen and oxygen atoms in total. The summed E-state index contributed by atoms with van der Waals surface area (Å²) in [4.78, 5) is 0. The Morgan fingerprint density at radius 2 is 1.73 bits per heavy atom. The van der Waals surface area contributed by atoms with E-state index in [-0.39, 0.29) is 0 Å². The molecule has 2 fully saturated rings. The molecule has 1 aliphatic carbocycles. The lowest BCUT2D eigenvalue weighted by Gasteiger charge is -2.39. The van der Waals surface area contributed by atoms with E-state index >= 15 is 0 Å². The lowest BCUT2D eigenvalue weighted by molar-refractivity contribution is 0.0874. The average Bonchev–Trinajstić information content (AvgIpc) is 2.04. The quantitative estimate of drug-likeness (QED) is 0.534. The molecule has 2 aliphatic rings. The van der Waals surface area contributed by atoms with Crippen LogP contribution in [0.4, 0.5) is 0 Å². The van der Waals surface area contributed by atoms with Crippen LogP contribution in [0.1, 0.15) is 32.1 Å². The average molecular weight is 154 g/mol.